The van der Waals surface area contributed by atoms with Gasteiger partial charge in [0.2, 0.25) is 0 Å². The van der Waals surface area contributed by atoms with Crippen molar-refractivity contribution >= 4 is 29.1 Å². The van der Waals surface area contributed by atoms with E-state index in [9.17, 15) is 19.5 Å². The van der Waals surface area contributed by atoms with Gasteiger partial charge in [-0.25, -0.2) is 0 Å². The molecule has 0 spiro atoms. The summed E-state index contributed by atoms with van der Waals surface area (Å²) in [5.74, 6) is -0.865. The van der Waals surface area contributed by atoms with Gasteiger partial charge in [0.25, 0.3) is 5.91 Å². The number of carbonyl (C=O) groups excluding carboxylic acids is 3. The van der Waals surface area contributed by atoms with Crippen molar-refractivity contribution in [3.05, 3.63) is 94.3 Å². The van der Waals surface area contributed by atoms with Gasteiger partial charge in [-0.3, -0.25) is 19.4 Å². The lowest BCUT2D eigenvalue weighted by atomic mass is 9.93. The number of hydrogen-bond acceptors (Lipinski definition) is 6. The molecule has 8 heteroatoms. The number of nitrogens with one attached hydrogen (secondary N) is 2. The number of nitrogens with zero attached hydrogens (tertiary/aromatic N) is 1. The Kier molecular flexibility index (Phi) is 6.82. The summed E-state index contributed by atoms with van der Waals surface area (Å²) in [5, 5.41) is 16.5. The molecule has 3 aromatic rings. The first-order valence-corrected chi connectivity index (χ1v) is 10.9. The lowest BCUT2D eigenvalue weighted by molar-refractivity contribution is 0.0902. The van der Waals surface area contributed by atoms with Crippen LogP contribution in [0.25, 0.3) is 0 Å². The Morgan fingerprint density at radius 3 is 2.36 bits per heavy atom. The van der Waals surface area contributed by atoms with Gasteiger partial charge < -0.3 is 15.7 Å². The first kappa shape index (κ1) is 22.6. The van der Waals surface area contributed by atoms with E-state index in [4.69, 9.17) is 11.6 Å². The number of amides is 1. The monoisotopic (exact) mass is 463 g/mol. The number of Topliss-reactive ketones (excluding diaryl/α,β-unsaturated/α-hetero) is 1. The molecule has 1 aliphatic heterocycles. The Hall–Kier alpha value is -3.55. The van der Waals surface area contributed by atoms with Crippen molar-refractivity contribution in [2.45, 2.75) is 12.5 Å². The highest BCUT2D eigenvalue weighted by Crippen LogP contribution is 2.25. The number of benzene rings is 2. The summed E-state index contributed by atoms with van der Waals surface area (Å²) >= 11 is 5.82. The van der Waals surface area contributed by atoms with Crippen LogP contribution in [-0.2, 0) is 0 Å². The Morgan fingerprint density at radius 2 is 1.67 bits per heavy atom. The molecule has 1 saturated heterocycles. The summed E-state index contributed by atoms with van der Waals surface area (Å²) in [6.07, 6.45) is 3.39. The maximum atomic E-state index is 12.9. The summed E-state index contributed by atoms with van der Waals surface area (Å²) in [4.78, 5) is 41.9. The molecule has 1 amide bonds. The summed E-state index contributed by atoms with van der Waals surface area (Å²) in [6.45, 7) is 1.21. The number of pyridine rings is 1. The third-order valence-corrected chi connectivity index (χ3v) is 5.95. The molecule has 2 atom stereocenters. The Morgan fingerprint density at radius 1 is 0.970 bits per heavy atom. The molecule has 0 bridgehead atoms. The van der Waals surface area contributed by atoms with E-state index in [1.54, 1.807) is 48.8 Å². The van der Waals surface area contributed by atoms with Crippen molar-refractivity contribution in [3.8, 4) is 5.75 Å². The fraction of sp³-hybridized carbons (Fsp3) is 0.200. The van der Waals surface area contributed by atoms with Crippen molar-refractivity contribution in [2.75, 3.05) is 13.1 Å². The van der Waals surface area contributed by atoms with Gasteiger partial charge in [-0.05, 0) is 30.3 Å². The SMILES string of the molecule is O=C(C[C@@H]1CNC[C@H]1NC(=O)c1ccncc1)c1ccc(C(=O)c2ccc(Cl)cc2O)cc1. The van der Waals surface area contributed by atoms with Gasteiger partial charge in [0.05, 0.1) is 5.56 Å². The highest BCUT2D eigenvalue weighted by Gasteiger charge is 2.30. The maximum absolute atomic E-state index is 12.9. The molecule has 0 radical (unpaired) electrons. The topological polar surface area (TPSA) is 108 Å². The number of ketones is 2. The summed E-state index contributed by atoms with van der Waals surface area (Å²) in [7, 11) is 0. The largest absolute Gasteiger partial charge is 0.507 e. The highest BCUT2D eigenvalue weighted by molar-refractivity contribution is 6.31. The lowest BCUT2D eigenvalue weighted by Crippen LogP contribution is -2.41. The molecule has 3 N–H and O–H groups in total. The van der Waals surface area contributed by atoms with E-state index in [1.165, 1.54) is 18.2 Å². The minimum Gasteiger partial charge on any atom is -0.507 e. The lowest BCUT2D eigenvalue weighted by Gasteiger charge is -2.19. The third-order valence-electron chi connectivity index (χ3n) is 5.72. The molecule has 1 fully saturated rings. The van der Waals surface area contributed by atoms with Gasteiger partial charge >= 0.3 is 0 Å². The van der Waals surface area contributed by atoms with Crippen molar-refractivity contribution in [1.82, 2.24) is 15.6 Å². The Bertz CT molecular complexity index is 1180. The minimum atomic E-state index is -0.359. The second-order valence-corrected chi connectivity index (χ2v) is 8.37. The second kappa shape index (κ2) is 9.94. The summed E-state index contributed by atoms with van der Waals surface area (Å²) < 4.78 is 0. The van der Waals surface area contributed by atoms with Crippen LogP contribution < -0.4 is 10.6 Å². The number of phenolic OH excluding ortho intramolecular Hbond substituents is 1. The number of hydrogen-bond donors (Lipinski definition) is 3. The van der Waals surface area contributed by atoms with Crippen molar-refractivity contribution in [1.29, 1.82) is 0 Å². The van der Waals surface area contributed by atoms with E-state index in [-0.39, 0.29) is 47.2 Å². The smallest absolute Gasteiger partial charge is 0.251 e. The van der Waals surface area contributed by atoms with E-state index < -0.39 is 0 Å². The van der Waals surface area contributed by atoms with Crippen molar-refractivity contribution in [2.24, 2.45) is 5.92 Å². The van der Waals surface area contributed by atoms with Gasteiger partial charge in [0.1, 0.15) is 5.75 Å². The molecule has 33 heavy (non-hydrogen) atoms. The molecule has 0 unspecified atom stereocenters. The van der Waals surface area contributed by atoms with Crippen LogP contribution in [0.3, 0.4) is 0 Å². The second-order valence-electron chi connectivity index (χ2n) is 7.93. The van der Waals surface area contributed by atoms with Gasteiger partial charge in [-0.2, -0.15) is 0 Å². The molecule has 0 saturated carbocycles. The number of aromatic nitrogens is 1. The maximum Gasteiger partial charge on any atom is 0.251 e. The Labute approximate surface area is 195 Å². The number of carbonyl (C=O) groups is 3. The van der Waals surface area contributed by atoms with Crippen LogP contribution in [0.4, 0.5) is 0 Å². The third kappa shape index (κ3) is 5.27. The van der Waals surface area contributed by atoms with Crippen LogP contribution in [-0.4, -0.2) is 46.7 Å². The Balaban J connectivity index is 1.40. The number of halogens is 1. The fourth-order valence-electron chi connectivity index (χ4n) is 3.89. The minimum absolute atomic E-state index is 0.0457. The van der Waals surface area contributed by atoms with Crippen LogP contribution in [0.2, 0.25) is 5.02 Å². The van der Waals surface area contributed by atoms with E-state index in [0.29, 0.717) is 34.8 Å². The molecule has 7 nitrogen and oxygen atoms in total. The van der Waals surface area contributed by atoms with Crippen molar-refractivity contribution in [3.63, 3.8) is 0 Å². The van der Waals surface area contributed by atoms with Gasteiger partial charge in [-0.1, -0.05) is 35.9 Å². The highest BCUT2D eigenvalue weighted by atomic mass is 35.5. The van der Waals surface area contributed by atoms with Crippen LogP contribution in [0.15, 0.2) is 67.0 Å². The van der Waals surface area contributed by atoms with Gasteiger partial charge in [0, 0.05) is 65.6 Å². The zero-order chi connectivity index (χ0) is 23.4. The first-order valence-electron chi connectivity index (χ1n) is 10.5. The molecule has 0 aliphatic carbocycles. The molecule has 4 rings (SSSR count). The molecule has 2 heterocycles. The predicted molar refractivity (Wildman–Crippen MR) is 124 cm³/mol. The average molecular weight is 464 g/mol. The number of phenols is 1. The summed E-state index contributed by atoms with van der Waals surface area (Å²) in [6, 6.07) is 13.8. The molecular formula is C25H22ClN3O4. The van der Waals surface area contributed by atoms with E-state index in [2.05, 4.69) is 15.6 Å². The summed E-state index contributed by atoms with van der Waals surface area (Å²) in [5.41, 5.74) is 1.50. The first-order chi connectivity index (χ1) is 15.9. The molecule has 1 aliphatic rings. The van der Waals surface area contributed by atoms with E-state index in [0.717, 1.165) is 0 Å². The standard InChI is InChI=1S/C25H22ClN3O4/c26-19-5-6-20(23(31)12-19)24(32)16-3-1-15(2-4-16)22(30)11-18-13-28-14-21(18)29-25(33)17-7-9-27-10-8-17/h1-10,12,18,21,28,31H,11,13-14H2,(H,29,33)/t18-,21-/m1/s1. The van der Waals surface area contributed by atoms with Crippen LogP contribution >= 0.6 is 11.6 Å². The van der Waals surface area contributed by atoms with Crippen molar-refractivity contribution < 1.29 is 19.5 Å². The van der Waals surface area contributed by atoms with Gasteiger partial charge in [0.15, 0.2) is 11.6 Å². The van der Waals surface area contributed by atoms with Gasteiger partial charge in [-0.15, -0.1) is 0 Å². The quantitative estimate of drug-likeness (QED) is 0.464. The predicted octanol–water partition coefficient (Wildman–Crippen LogP) is 3.26. The zero-order valence-corrected chi connectivity index (χ0v) is 18.4. The molecule has 168 valence electrons. The number of rotatable bonds is 7. The average Bonchev–Trinajstić information content (AvgIpc) is 3.25. The normalized spacial score (nSPS) is 17.5. The molecular weight excluding hydrogens is 442 g/mol. The van der Waals surface area contributed by atoms with E-state index >= 15 is 0 Å². The van der Waals surface area contributed by atoms with Crippen LogP contribution in [0, 0.1) is 5.92 Å². The zero-order valence-electron chi connectivity index (χ0n) is 17.6. The van der Waals surface area contributed by atoms with Crippen LogP contribution in [0.1, 0.15) is 43.1 Å². The number of aromatic hydroxyl groups is 1. The van der Waals surface area contributed by atoms with Crippen LogP contribution in [0.5, 0.6) is 5.75 Å². The molecule has 2 aromatic carbocycles. The molecule has 1 aromatic heterocycles. The van der Waals surface area contributed by atoms with E-state index in [1.807, 2.05) is 0 Å². The fourth-order valence-corrected chi connectivity index (χ4v) is 4.05.